The van der Waals surface area contributed by atoms with E-state index in [0.29, 0.717) is 28.8 Å². The molecular weight excluding hydrogens is 409 g/mol. The van der Waals surface area contributed by atoms with Crippen LogP contribution in [-0.4, -0.2) is 28.0 Å². The first-order valence-electron chi connectivity index (χ1n) is 9.34. The molecule has 29 heavy (non-hydrogen) atoms. The monoisotopic (exact) mass is 427 g/mol. The maximum atomic E-state index is 12.6. The third-order valence-corrected chi connectivity index (χ3v) is 5.60. The van der Waals surface area contributed by atoms with Crippen molar-refractivity contribution < 1.29 is 9.59 Å². The molecule has 4 rings (SSSR count). The Hall–Kier alpha value is -2.76. The van der Waals surface area contributed by atoms with Gasteiger partial charge >= 0.3 is 6.03 Å². The number of amides is 3. The fourth-order valence-electron chi connectivity index (χ4n) is 3.51. The predicted molar refractivity (Wildman–Crippen MR) is 116 cm³/mol. The topological polar surface area (TPSA) is 54.3 Å². The van der Waals surface area contributed by atoms with Gasteiger partial charge in [-0.2, -0.15) is 0 Å². The Bertz CT molecular complexity index is 1150. The van der Waals surface area contributed by atoms with Gasteiger partial charge in [0.05, 0.1) is 10.0 Å². The third kappa shape index (κ3) is 3.76. The summed E-state index contributed by atoms with van der Waals surface area (Å²) in [6.07, 6.45) is 4.43. The number of hydrogen-bond acceptors (Lipinski definition) is 2. The summed E-state index contributed by atoms with van der Waals surface area (Å²) in [5.41, 5.74) is 3.19. The first-order valence-corrected chi connectivity index (χ1v) is 10.1. The molecule has 1 aromatic heterocycles. The molecule has 0 radical (unpaired) electrons. The van der Waals surface area contributed by atoms with Gasteiger partial charge in [0.1, 0.15) is 5.70 Å². The highest BCUT2D eigenvalue weighted by molar-refractivity contribution is 6.42. The van der Waals surface area contributed by atoms with Gasteiger partial charge in [-0.25, -0.2) is 4.79 Å². The Kier molecular flexibility index (Phi) is 5.35. The normalized spacial score (nSPS) is 15.6. The van der Waals surface area contributed by atoms with Gasteiger partial charge in [-0.15, -0.1) is 0 Å². The van der Waals surface area contributed by atoms with E-state index in [4.69, 9.17) is 23.2 Å². The van der Waals surface area contributed by atoms with Crippen molar-refractivity contribution in [3.8, 4) is 0 Å². The van der Waals surface area contributed by atoms with E-state index < -0.39 is 0 Å². The van der Waals surface area contributed by atoms with Gasteiger partial charge in [0.15, 0.2) is 0 Å². The van der Waals surface area contributed by atoms with Crippen LogP contribution < -0.4 is 5.32 Å². The van der Waals surface area contributed by atoms with Crippen LogP contribution in [0.25, 0.3) is 17.0 Å². The molecule has 7 heteroatoms. The summed E-state index contributed by atoms with van der Waals surface area (Å²) in [7, 11) is 0. The van der Waals surface area contributed by atoms with Crippen molar-refractivity contribution in [3.05, 3.63) is 75.5 Å². The number of fused-ring (bicyclic) bond motifs is 1. The fraction of sp³-hybridized carbons (Fsp3) is 0.182. The summed E-state index contributed by atoms with van der Waals surface area (Å²) in [4.78, 5) is 25.9. The molecule has 2 heterocycles. The van der Waals surface area contributed by atoms with Crippen LogP contribution in [0.4, 0.5) is 4.79 Å². The van der Waals surface area contributed by atoms with E-state index in [-0.39, 0.29) is 11.9 Å². The maximum Gasteiger partial charge on any atom is 0.329 e. The molecule has 3 aromatic rings. The number of aromatic nitrogens is 1. The number of imide groups is 1. The Morgan fingerprint density at radius 3 is 2.62 bits per heavy atom. The summed E-state index contributed by atoms with van der Waals surface area (Å²) < 4.78 is 2.09. The quantitative estimate of drug-likeness (QED) is 0.443. The van der Waals surface area contributed by atoms with Gasteiger partial charge in [-0.1, -0.05) is 54.4 Å². The van der Waals surface area contributed by atoms with Crippen molar-refractivity contribution in [2.45, 2.75) is 19.9 Å². The van der Waals surface area contributed by atoms with Gasteiger partial charge in [-0.3, -0.25) is 9.69 Å². The number of para-hydroxylation sites is 1. The van der Waals surface area contributed by atoms with E-state index in [2.05, 4.69) is 9.88 Å². The summed E-state index contributed by atoms with van der Waals surface area (Å²) in [5, 5.41) is 4.71. The van der Waals surface area contributed by atoms with Gasteiger partial charge in [-0.05, 0) is 36.3 Å². The largest absolute Gasteiger partial charge is 0.342 e. The van der Waals surface area contributed by atoms with Crippen molar-refractivity contribution in [3.63, 3.8) is 0 Å². The summed E-state index contributed by atoms with van der Waals surface area (Å²) in [6.45, 7) is 2.93. The Labute approximate surface area is 178 Å². The van der Waals surface area contributed by atoms with E-state index in [0.717, 1.165) is 28.5 Å². The highest BCUT2D eigenvalue weighted by atomic mass is 35.5. The molecule has 0 spiro atoms. The van der Waals surface area contributed by atoms with Crippen molar-refractivity contribution in [1.29, 1.82) is 0 Å². The number of carbonyl (C=O) groups excluding carboxylic acids is 2. The van der Waals surface area contributed by atoms with Gasteiger partial charge in [0, 0.05) is 35.8 Å². The second-order valence-electron chi connectivity index (χ2n) is 6.92. The van der Waals surface area contributed by atoms with Crippen LogP contribution in [0.5, 0.6) is 0 Å². The lowest BCUT2D eigenvalue weighted by Gasteiger charge is -2.08. The second kappa shape index (κ2) is 7.93. The molecule has 1 aliphatic heterocycles. The van der Waals surface area contributed by atoms with E-state index in [9.17, 15) is 9.59 Å². The number of nitrogens with one attached hydrogen (secondary N) is 1. The summed E-state index contributed by atoms with van der Waals surface area (Å²) >= 11 is 12.2. The molecule has 148 valence electrons. The number of halogens is 2. The van der Waals surface area contributed by atoms with Crippen molar-refractivity contribution >= 4 is 52.1 Å². The first kappa shape index (κ1) is 19.6. The second-order valence-corrected chi connectivity index (χ2v) is 7.74. The highest BCUT2D eigenvalue weighted by Gasteiger charge is 2.32. The van der Waals surface area contributed by atoms with Gasteiger partial charge in [0.25, 0.3) is 5.91 Å². The minimum atomic E-state index is -0.373. The first-order chi connectivity index (χ1) is 14.0. The van der Waals surface area contributed by atoms with Crippen LogP contribution in [-0.2, 0) is 11.3 Å². The standard InChI is InChI=1S/C22H19Cl2N3O2/c1-2-9-27-21(28)19(25-22(27)29)11-15-13-26(20-6-4-3-5-16(15)20)12-14-7-8-17(23)18(24)10-14/h3-8,10-11,13H,2,9,12H2,1H3,(H,25,29)/b19-11+. The molecule has 0 bridgehead atoms. The zero-order valence-electron chi connectivity index (χ0n) is 15.8. The molecule has 5 nitrogen and oxygen atoms in total. The maximum absolute atomic E-state index is 12.6. The lowest BCUT2D eigenvalue weighted by atomic mass is 10.1. The smallest absolute Gasteiger partial charge is 0.329 e. The number of urea groups is 1. The Balaban J connectivity index is 1.72. The van der Waals surface area contributed by atoms with Crippen LogP contribution in [0.3, 0.4) is 0 Å². The van der Waals surface area contributed by atoms with Crippen molar-refractivity contribution in [1.82, 2.24) is 14.8 Å². The zero-order chi connectivity index (χ0) is 20.5. The number of nitrogens with zero attached hydrogens (tertiary/aromatic N) is 2. The SMILES string of the molecule is CCCN1C(=O)N/C(=C/c2cn(Cc3ccc(Cl)c(Cl)c3)c3ccccc23)C1=O. The molecule has 0 unspecified atom stereocenters. The lowest BCUT2D eigenvalue weighted by Crippen LogP contribution is -2.31. The Morgan fingerprint density at radius 2 is 1.86 bits per heavy atom. The number of benzene rings is 2. The van der Waals surface area contributed by atoms with Crippen LogP contribution in [0.1, 0.15) is 24.5 Å². The molecular formula is C22H19Cl2N3O2. The third-order valence-electron chi connectivity index (χ3n) is 4.87. The van der Waals surface area contributed by atoms with Crippen LogP contribution in [0.15, 0.2) is 54.4 Å². The van der Waals surface area contributed by atoms with E-state index >= 15 is 0 Å². The summed E-state index contributed by atoms with van der Waals surface area (Å²) in [6, 6.07) is 13.1. The summed E-state index contributed by atoms with van der Waals surface area (Å²) in [5.74, 6) is -0.293. The fourth-order valence-corrected chi connectivity index (χ4v) is 3.83. The van der Waals surface area contributed by atoms with Crippen molar-refractivity contribution in [2.75, 3.05) is 6.54 Å². The number of carbonyl (C=O) groups is 2. The average Bonchev–Trinajstić information content (AvgIpc) is 3.18. The minimum Gasteiger partial charge on any atom is -0.342 e. The molecule has 0 saturated carbocycles. The van der Waals surface area contributed by atoms with E-state index in [1.165, 1.54) is 4.90 Å². The molecule has 1 N–H and O–H groups in total. The molecule has 1 saturated heterocycles. The van der Waals surface area contributed by atoms with Crippen LogP contribution >= 0.6 is 23.2 Å². The zero-order valence-corrected chi connectivity index (χ0v) is 17.3. The molecule has 0 aliphatic carbocycles. The van der Waals surface area contributed by atoms with Crippen molar-refractivity contribution in [2.24, 2.45) is 0 Å². The van der Waals surface area contributed by atoms with E-state index in [1.54, 1.807) is 12.1 Å². The van der Waals surface area contributed by atoms with Crippen LogP contribution in [0, 0.1) is 0 Å². The van der Waals surface area contributed by atoms with Gasteiger partial charge in [0.2, 0.25) is 0 Å². The lowest BCUT2D eigenvalue weighted by molar-refractivity contribution is -0.122. The average molecular weight is 428 g/mol. The number of hydrogen-bond donors (Lipinski definition) is 1. The molecule has 1 aliphatic rings. The van der Waals surface area contributed by atoms with Gasteiger partial charge < -0.3 is 9.88 Å². The number of rotatable bonds is 5. The highest BCUT2D eigenvalue weighted by Crippen LogP contribution is 2.27. The van der Waals surface area contributed by atoms with Crippen LogP contribution in [0.2, 0.25) is 10.0 Å². The predicted octanol–water partition coefficient (Wildman–Crippen LogP) is 5.30. The van der Waals surface area contributed by atoms with E-state index in [1.807, 2.05) is 49.5 Å². The molecule has 3 amide bonds. The molecule has 1 fully saturated rings. The molecule has 2 aromatic carbocycles. The molecule has 0 atom stereocenters. The minimum absolute atomic E-state index is 0.292. The Morgan fingerprint density at radius 1 is 1.07 bits per heavy atom.